The molecular weight excluding hydrogens is 168 g/mol. The van der Waals surface area contributed by atoms with Gasteiger partial charge in [-0.25, -0.2) is 15.8 Å². The number of hydrogen-bond acceptors (Lipinski definition) is 5. The molecule has 2 aromatic rings. The van der Waals surface area contributed by atoms with Gasteiger partial charge in [0.1, 0.15) is 5.69 Å². The van der Waals surface area contributed by atoms with Gasteiger partial charge in [0, 0.05) is 6.20 Å². The molecule has 0 radical (unpaired) electrons. The predicted molar refractivity (Wildman–Crippen MR) is 47.5 cm³/mol. The summed E-state index contributed by atoms with van der Waals surface area (Å²) in [6.07, 6.45) is 3.20. The molecule has 0 aliphatic carbocycles. The summed E-state index contributed by atoms with van der Waals surface area (Å²) in [4.78, 5) is 7.97. The molecule has 0 bridgehead atoms. The van der Waals surface area contributed by atoms with Crippen LogP contribution < -0.4 is 11.3 Å². The van der Waals surface area contributed by atoms with Crippen molar-refractivity contribution in [3.05, 3.63) is 30.7 Å². The normalized spacial score (nSPS) is 9.92. The number of hydrazine groups is 1. The first kappa shape index (κ1) is 7.75. The van der Waals surface area contributed by atoms with Crippen molar-refractivity contribution in [2.45, 2.75) is 0 Å². The maximum absolute atomic E-state index is 5.17. The molecule has 0 saturated heterocycles. The summed E-state index contributed by atoms with van der Waals surface area (Å²) >= 11 is 0. The minimum Gasteiger partial charge on any atom is -0.463 e. The van der Waals surface area contributed by atoms with Crippen molar-refractivity contribution >= 4 is 5.95 Å². The largest absolute Gasteiger partial charge is 0.463 e. The van der Waals surface area contributed by atoms with Crippen molar-refractivity contribution < 1.29 is 4.42 Å². The first-order chi connectivity index (χ1) is 6.40. The Balaban J connectivity index is 2.41. The Morgan fingerprint density at radius 2 is 2.31 bits per heavy atom. The van der Waals surface area contributed by atoms with Crippen LogP contribution >= 0.6 is 0 Å². The van der Waals surface area contributed by atoms with Gasteiger partial charge >= 0.3 is 0 Å². The number of rotatable bonds is 2. The zero-order valence-electron chi connectivity index (χ0n) is 6.77. The van der Waals surface area contributed by atoms with Crippen LogP contribution in [-0.2, 0) is 0 Å². The van der Waals surface area contributed by atoms with Crippen molar-refractivity contribution in [1.82, 2.24) is 9.97 Å². The first-order valence-electron chi connectivity index (χ1n) is 3.73. The lowest BCUT2D eigenvalue weighted by atomic mass is 10.3. The number of nitrogen functional groups attached to an aromatic ring is 1. The van der Waals surface area contributed by atoms with Crippen LogP contribution in [0.3, 0.4) is 0 Å². The fourth-order valence-electron chi connectivity index (χ4n) is 0.990. The highest BCUT2D eigenvalue weighted by atomic mass is 16.3. The number of anilines is 1. The van der Waals surface area contributed by atoms with E-state index in [1.54, 1.807) is 24.6 Å². The summed E-state index contributed by atoms with van der Waals surface area (Å²) in [5, 5.41) is 0. The highest BCUT2D eigenvalue weighted by molar-refractivity contribution is 5.52. The number of nitrogens with one attached hydrogen (secondary N) is 1. The molecule has 0 saturated carbocycles. The predicted octanol–water partition coefficient (Wildman–Crippen LogP) is 1.02. The van der Waals surface area contributed by atoms with E-state index in [9.17, 15) is 0 Å². The van der Waals surface area contributed by atoms with Gasteiger partial charge in [0.15, 0.2) is 5.76 Å². The number of furan rings is 1. The van der Waals surface area contributed by atoms with E-state index in [0.29, 0.717) is 17.4 Å². The minimum absolute atomic E-state index is 0.369. The Kier molecular flexibility index (Phi) is 1.93. The molecule has 0 fully saturated rings. The number of aromatic nitrogens is 2. The number of hydrogen-bond donors (Lipinski definition) is 2. The average Bonchev–Trinajstić information content (AvgIpc) is 2.71. The van der Waals surface area contributed by atoms with Crippen molar-refractivity contribution in [3.63, 3.8) is 0 Å². The van der Waals surface area contributed by atoms with Gasteiger partial charge in [0.05, 0.1) is 6.26 Å². The lowest BCUT2D eigenvalue weighted by molar-refractivity contribution is 0.580. The molecule has 3 N–H and O–H groups in total. The molecule has 0 atom stereocenters. The maximum atomic E-state index is 5.17. The second kappa shape index (κ2) is 3.24. The molecule has 2 aromatic heterocycles. The zero-order valence-corrected chi connectivity index (χ0v) is 6.77. The molecule has 0 aliphatic heterocycles. The zero-order chi connectivity index (χ0) is 9.10. The van der Waals surface area contributed by atoms with E-state index in [1.165, 1.54) is 0 Å². The molecular formula is C8H8N4O. The third-order valence-electron chi connectivity index (χ3n) is 1.56. The van der Waals surface area contributed by atoms with E-state index in [4.69, 9.17) is 10.3 Å². The fraction of sp³-hybridized carbons (Fsp3) is 0. The maximum Gasteiger partial charge on any atom is 0.237 e. The summed E-state index contributed by atoms with van der Waals surface area (Å²) in [5.41, 5.74) is 3.07. The lowest BCUT2D eigenvalue weighted by Gasteiger charge is -1.98. The Morgan fingerprint density at radius 3 is 3.00 bits per heavy atom. The number of nitrogens with two attached hydrogens (primary N) is 1. The molecule has 0 amide bonds. The van der Waals surface area contributed by atoms with Gasteiger partial charge < -0.3 is 4.42 Å². The van der Waals surface area contributed by atoms with Crippen LogP contribution in [-0.4, -0.2) is 9.97 Å². The monoisotopic (exact) mass is 176 g/mol. The third kappa shape index (κ3) is 1.50. The highest BCUT2D eigenvalue weighted by Gasteiger charge is 2.02. The molecule has 5 nitrogen and oxygen atoms in total. The summed E-state index contributed by atoms with van der Waals surface area (Å²) in [5.74, 6) is 6.23. The van der Waals surface area contributed by atoms with E-state index in [-0.39, 0.29) is 0 Å². The molecule has 13 heavy (non-hydrogen) atoms. The second-order valence-electron chi connectivity index (χ2n) is 2.39. The smallest absolute Gasteiger partial charge is 0.237 e. The highest BCUT2D eigenvalue weighted by Crippen LogP contribution is 2.16. The molecule has 0 unspecified atom stereocenters. The van der Waals surface area contributed by atoms with Crippen LogP contribution in [0.1, 0.15) is 0 Å². The topological polar surface area (TPSA) is 77.0 Å². The summed E-state index contributed by atoms with van der Waals surface area (Å²) in [7, 11) is 0. The van der Waals surface area contributed by atoms with Crippen LogP contribution in [0, 0.1) is 0 Å². The lowest BCUT2D eigenvalue weighted by Crippen LogP contribution is -2.10. The van der Waals surface area contributed by atoms with Gasteiger partial charge in [0.2, 0.25) is 5.95 Å². The Bertz CT molecular complexity index is 385. The van der Waals surface area contributed by atoms with Gasteiger partial charge in [-0.2, -0.15) is 0 Å². The van der Waals surface area contributed by atoms with E-state index < -0.39 is 0 Å². The quantitative estimate of drug-likeness (QED) is 0.527. The van der Waals surface area contributed by atoms with Gasteiger partial charge in [-0.3, -0.25) is 5.43 Å². The molecule has 66 valence electrons. The van der Waals surface area contributed by atoms with Crippen LogP contribution in [0.4, 0.5) is 5.95 Å². The summed E-state index contributed by atoms with van der Waals surface area (Å²) < 4.78 is 5.16. The van der Waals surface area contributed by atoms with Crippen molar-refractivity contribution in [1.29, 1.82) is 0 Å². The van der Waals surface area contributed by atoms with Gasteiger partial charge in [-0.15, -0.1) is 0 Å². The van der Waals surface area contributed by atoms with Crippen molar-refractivity contribution in [2.75, 3.05) is 5.43 Å². The standard InChI is InChI=1S/C8H8N4O/c9-12-8-10-4-3-6(11-8)7-2-1-5-13-7/h1-5H,9H2,(H,10,11,12). The van der Waals surface area contributed by atoms with E-state index in [0.717, 1.165) is 0 Å². The molecule has 2 heterocycles. The molecule has 0 aliphatic rings. The Hall–Kier alpha value is -1.88. The first-order valence-corrected chi connectivity index (χ1v) is 3.73. The minimum atomic E-state index is 0.369. The van der Waals surface area contributed by atoms with E-state index in [2.05, 4.69) is 15.4 Å². The van der Waals surface area contributed by atoms with Crippen LogP contribution in [0.5, 0.6) is 0 Å². The molecule has 0 aromatic carbocycles. The third-order valence-corrected chi connectivity index (χ3v) is 1.56. The van der Waals surface area contributed by atoms with Crippen molar-refractivity contribution in [2.24, 2.45) is 5.84 Å². The van der Waals surface area contributed by atoms with E-state index in [1.807, 2.05) is 6.07 Å². The number of nitrogens with zero attached hydrogens (tertiary/aromatic N) is 2. The SMILES string of the molecule is NNc1nccc(-c2ccco2)n1. The van der Waals surface area contributed by atoms with Crippen LogP contribution in [0.15, 0.2) is 35.1 Å². The second-order valence-corrected chi connectivity index (χ2v) is 2.39. The summed E-state index contributed by atoms with van der Waals surface area (Å²) in [6, 6.07) is 5.37. The molecule has 0 spiro atoms. The molecule has 2 rings (SSSR count). The Labute approximate surface area is 74.6 Å². The van der Waals surface area contributed by atoms with Gasteiger partial charge in [-0.1, -0.05) is 0 Å². The van der Waals surface area contributed by atoms with E-state index >= 15 is 0 Å². The summed E-state index contributed by atoms with van der Waals surface area (Å²) in [6.45, 7) is 0. The average molecular weight is 176 g/mol. The molecule has 5 heteroatoms. The van der Waals surface area contributed by atoms with Crippen molar-refractivity contribution in [3.8, 4) is 11.5 Å². The van der Waals surface area contributed by atoms with Crippen LogP contribution in [0.2, 0.25) is 0 Å². The van der Waals surface area contributed by atoms with Gasteiger partial charge in [-0.05, 0) is 18.2 Å². The Morgan fingerprint density at radius 1 is 1.38 bits per heavy atom. The fourth-order valence-corrected chi connectivity index (χ4v) is 0.990. The van der Waals surface area contributed by atoms with Crippen LogP contribution in [0.25, 0.3) is 11.5 Å². The van der Waals surface area contributed by atoms with Gasteiger partial charge in [0.25, 0.3) is 0 Å².